The summed E-state index contributed by atoms with van der Waals surface area (Å²) in [7, 11) is -1.89. The first-order chi connectivity index (χ1) is 11.3. The Morgan fingerprint density at radius 2 is 2.08 bits per heavy atom. The van der Waals surface area contributed by atoms with Gasteiger partial charge >= 0.3 is 0 Å². The summed E-state index contributed by atoms with van der Waals surface area (Å²) in [5.41, 5.74) is 1.35. The molecule has 2 fully saturated rings. The minimum Gasteiger partial charge on any atom is -0.334 e. The molecule has 25 heavy (non-hydrogen) atoms. The maximum Gasteiger partial charge on any atom is 0.238 e. The normalized spacial score (nSPS) is 21.8. The molecule has 1 aromatic heterocycles. The molecule has 1 aromatic rings. The summed E-state index contributed by atoms with van der Waals surface area (Å²) in [5, 5.41) is 7.44. The van der Waals surface area contributed by atoms with Gasteiger partial charge in [0.05, 0.1) is 12.8 Å². The third kappa shape index (κ3) is 4.74. The van der Waals surface area contributed by atoms with Crippen LogP contribution >= 0.6 is 23.7 Å². The van der Waals surface area contributed by atoms with Gasteiger partial charge in [-0.25, -0.2) is 8.42 Å². The summed E-state index contributed by atoms with van der Waals surface area (Å²) in [6.45, 7) is 2.48. The van der Waals surface area contributed by atoms with Crippen LogP contribution in [0.5, 0.6) is 0 Å². The van der Waals surface area contributed by atoms with Crippen molar-refractivity contribution in [2.24, 2.45) is 5.41 Å². The van der Waals surface area contributed by atoms with Crippen LogP contribution in [0.3, 0.4) is 0 Å². The molecule has 1 saturated carbocycles. The quantitative estimate of drug-likeness (QED) is 0.776. The van der Waals surface area contributed by atoms with Crippen LogP contribution in [0.1, 0.15) is 24.8 Å². The van der Waals surface area contributed by atoms with Crippen LogP contribution in [0, 0.1) is 5.41 Å². The molecule has 6 nitrogen and oxygen atoms in total. The number of hydrogen-bond donors (Lipinski definition) is 1. The maximum absolute atomic E-state index is 12.8. The Hall–Kier alpha value is -0.670. The Labute approximate surface area is 160 Å². The number of rotatable bonds is 6. The number of likely N-dealkylation sites (N-methyl/N-ethyl adjacent to an activating group) is 1. The molecule has 2 heterocycles. The average Bonchev–Trinajstić information content (AvgIpc) is 2.97. The highest BCUT2D eigenvalue weighted by atomic mass is 35.5. The lowest BCUT2D eigenvalue weighted by Crippen LogP contribution is -2.44. The Morgan fingerprint density at radius 3 is 2.64 bits per heavy atom. The van der Waals surface area contributed by atoms with Crippen molar-refractivity contribution in [3.05, 3.63) is 22.4 Å². The van der Waals surface area contributed by atoms with Gasteiger partial charge < -0.3 is 10.2 Å². The molecule has 1 unspecified atom stereocenters. The highest BCUT2D eigenvalue weighted by Crippen LogP contribution is 2.56. The molecular formula is C16H26ClN3O3S2. The van der Waals surface area contributed by atoms with E-state index < -0.39 is 10.0 Å². The predicted octanol–water partition coefficient (Wildman–Crippen LogP) is 1.53. The summed E-state index contributed by atoms with van der Waals surface area (Å²) in [6, 6.07) is 2.27. The van der Waals surface area contributed by atoms with Crippen molar-refractivity contribution >= 4 is 39.7 Å². The van der Waals surface area contributed by atoms with E-state index in [9.17, 15) is 13.2 Å². The van der Waals surface area contributed by atoms with Crippen molar-refractivity contribution in [3.63, 3.8) is 0 Å². The van der Waals surface area contributed by atoms with Gasteiger partial charge in [0.1, 0.15) is 0 Å². The van der Waals surface area contributed by atoms with Gasteiger partial charge in [0.2, 0.25) is 15.9 Å². The Balaban J connectivity index is 0.00000225. The predicted molar refractivity (Wildman–Crippen MR) is 103 cm³/mol. The van der Waals surface area contributed by atoms with Crippen LogP contribution in [0.4, 0.5) is 0 Å². The standard InChI is InChI=1S/C16H25N3O3S2.ClH/c1-18(24(2,21)22)11-15(20)19(10-13-3-8-23-12-13)14-9-16(14)4-6-17-7-5-16;/h3,8,12,14,17H,4-7,9-11H2,1-2H3;1H. The number of carbonyl (C=O) groups excluding carboxylic acids is 1. The fourth-order valence-corrected chi connectivity index (χ4v) is 4.58. The Kier molecular flexibility index (Phi) is 6.54. The van der Waals surface area contributed by atoms with Gasteiger partial charge in [-0.05, 0) is 60.2 Å². The van der Waals surface area contributed by atoms with Gasteiger partial charge in [0.25, 0.3) is 0 Å². The van der Waals surface area contributed by atoms with Gasteiger partial charge in [-0.3, -0.25) is 4.79 Å². The van der Waals surface area contributed by atoms with Crippen molar-refractivity contribution < 1.29 is 13.2 Å². The number of sulfonamides is 1. The van der Waals surface area contributed by atoms with E-state index in [1.54, 1.807) is 11.3 Å². The number of hydrogen-bond acceptors (Lipinski definition) is 5. The monoisotopic (exact) mass is 407 g/mol. The summed E-state index contributed by atoms with van der Waals surface area (Å²) in [4.78, 5) is 14.8. The van der Waals surface area contributed by atoms with E-state index in [-0.39, 0.29) is 36.3 Å². The zero-order valence-electron chi connectivity index (χ0n) is 14.6. The van der Waals surface area contributed by atoms with Gasteiger partial charge in [-0.1, -0.05) is 0 Å². The molecule has 1 atom stereocenters. The molecule has 1 aliphatic carbocycles. The van der Waals surface area contributed by atoms with Crippen molar-refractivity contribution in [2.45, 2.75) is 31.8 Å². The lowest BCUT2D eigenvalue weighted by molar-refractivity contribution is -0.133. The lowest BCUT2D eigenvalue weighted by Gasteiger charge is -2.30. The topological polar surface area (TPSA) is 69.7 Å². The van der Waals surface area contributed by atoms with Crippen molar-refractivity contribution in [3.8, 4) is 0 Å². The molecule has 1 spiro atoms. The molecule has 9 heteroatoms. The van der Waals surface area contributed by atoms with Crippen LogP contribution in [-0.2, 0) is 21.4 Å². The van der Waals surface area contributed by atoms with Gasteiger partial charge in [0.15, 0.2) is 0 Å². The van der Waals surface area contributed by atoms with E-state index in [0.717, 1.165) is 48.5 Å². The fourth-order valence-electron chi connectivity index (χ4n) is 3.58. The molecule has 1 aliphatic heterocycles. The first-order valence-corrected chi connectivity index (χ1v) is 11.0. The van der Waals surface area contributed by atoms with Crippen LogP contribution in [0.2, 0.25) is 0 Å². The second-order valence-corrected chi connectivity index (χ2v) is 9.87. The Bertz CT molecular complexity index is 687. The van der Waals surface area contributed by atoms with Crippen LogP contribution < -0.4 is 5.32 Å². The zero-order chi connectivity index (χ0) is 17.4. The fraction of sp³-hybridized carbons (Fsp3) is 0.688. The third-order valence-electron chi connectivity index (χ3n) is 5.30. The van der Waals surface area contributed by atoms with E-state index >= 15 is 0 Å². The smallest absolute Gasteiger partial charge is 0.238 e. The first-order valence-electron chi connectivity index (χ1n) is 8.24. The maximum atomic E-state index is 12.8. The molecule has 3 rings (SSSR count). The summed E-state index contributed by atoms with van der Waals surface area (Å²) < 4.78 is 24.4. The molecule has 142 valence electrons. The van der Waals surface area contributed by atoms with Crippen LogP contribution in [0.15, 0.2) is 16.8 Å². The molecule has 1 amide bonds. The van der Waals surface area contributed by atoms with E-state index in [4.69, 9.17) is 0 Å². The van der Waals surface area contributed by atoms with E-state index in [0.29, 0.717) is 6.54 Å². The number of halogens is 1. The average molecular weight is 408 g/mol. The second kappa shape index (κ2) is 7.92. The van der Waals surface area contributed by atoms with Gasteiger partial charge in [-0.15, -0.1) is 12.4 Å². The number of piperidine rings is 1. The molecule has 0 bridgehead atoms. The minimum absolute atomic E-state index is 0. The lowest BCUT2D eigenvalue weighted by atomic mass is 9.93. The molecular weight excluding hydrogens is 382 g/mol. The van der Waals surface area contributed by atoms with Crippen molar-refractivity contribution in [1.29, 1.82) is 0 Å². The number of thiophene rings is 1. The van der Waals surface area contributed by atoms with Gasteiger partial charge in [-0.2, -0.15) is 15.6 Å². The molecule has 1 N–H and O–H groups in total. The number of amides is 1. The number of nitrogens with zero attached hydrogens (tertiary/aromatic N) is 2. The summed E-state index contributed by atoms with van der Waals surface area (Å²) >= 11 is 1.62. The minimum atomic E-state index is -3.35. The summed E-state index contributed by atoms with van der Waals surface area (Å²) in [5.74, 6) is -0.102. The largest absolute Gasteiger partial charge is 0.334 e. The Morgan fingerprint density at radius 1 is 1.40 bits per heavy atom. The van der Waals surface area contributed by atoms with Gasteiger partial charge in [0, 0.05) is 19.6 Å². The zero-order valence-corrected chi connectivity index (χ0v) is 17.1. The van der Waals surface area contributed by atoms with Crippen LogP contribution in [0.25, 0.3) is 0 Å². The van der Waals surface area contributed by atoms with Crippen molar-refractivity contribution in [2.75, 3.05) is 32.9 Å². The molecule has 0 radical (unpaired) electrons. The first kappa shape index (κ1) is 20.6. The highest BCUT2D eigenvalue weighted by molar-refractivity contribution is 7.88. The van der Waals surface area contributed by atoms with Crippen molar-refractivity contribution in [1.82, 2.24) is 14.5 Å². The summed E-state index contributed by atoms with van der Waals surface area (Å²) in [6.07, 6.45) is 4.35. The number of nitrogens with one attached hydrogen (secondary N) is 1. The molecule has 0 aromatic carbocycles. The highest BCUT2D eigenvalue weighted by Gasteiger charge is 2.57. The molecule has 1 saturated heterocycles. The SMILES string of the molecule is CN(CC(=O)N(Cc1ccsc1)C1CC12CCNCC2)S(C)(=O)=O.Cl. The van der Waals surface area contributed by atoms with E-state index in [1.807, 2.05) is 16.3 Å². The number of carbonyl (C=O) groups is 1. The molecule has 2 aliphatic rings. The van der Waals surface area contributed by atoms with Crippen LogP contribution in [-0.4, -0.2) is 62.5 Å². The second-order valence-electron chi connectivity index (χ2n) is 7.00. The third-order valence-corrected chi connectivity index (χ3v) is 7.29. The van der Waals surface area contributed by atoms with E-state index in [1.165, 1.54) is 7.05 Å². The van der Waals surface area contributed by atoms with E-state index in [2.05, 4.69) is 10.7 Å².